The Hall–Kier alpha value is -4.13. The number of hydrogen-bond acceptors (Lipinski definition) is 9. The minimum Gasteiger partial charge on any atom is -0.501 e. The van der Waals surface area contributed by atoms with Crippen LogP contribution in [0.3, 0.4) is 0 Å². The molecule has 228 valence electrons. The number of oxime groups is 1. The summed E-state index contributed by atoms with van der Waals surface area (Å²) in [5, 5.41) is 13.1. The molecule has 0 saturated heterocycles. The number of furan rings is 1. The molecule has 6 N–H and O–H groups in total. The van der Waals surface area contributed by atoms with Gasteiger partial charge in [0.2, 0.25) is 0 Å². The van der Waals surface area contributed by atoms with Gasteiger partial charge < -0.3 is 25.0 Å². The summed E-state index contributed by atoms with van der Waals surface area (Å²) >= 11 is 0. The number of rotatable bonds is 13. The monoisotopic (exact) mass is 599 g/mol. The van der Waals surface area contributed by atoms with Crippen molar-refractivity contribution in [3.8, 4) is 0 Å². The lowest BCUT2D eigenvalue weighted by Crippen LogP contribution is -2.41. The van der Waals surface area contributed by atoms with E-state index < -0.39 is 22.2 Å². The Kier molecular flexibility index (Phi) is 13.3. The molecule has 0 bridgehead atoms. The number of hydrogen-bond donors (Lipinski definition) is 4. The van der Waals surface area contributed by atoms with Crippen LogP contribution in [0.15, 0.2) is 75.7 Å². The Morgan fingerprint density at radius 1 is 1.14 bits per heavy atom. The molecule has 11 nitrogen and oxygen atoms in total. The van der Waals surface area contributed by atoms with Gasteiger partial charge in [0.25, 0.3) is 16.1 Å². The largest absolute Gasteiger partial charge is 0.501 e. The third-order valence-electron chi connectivity index (χ3n) is 6.26. The zero-order chi connectivity index (χ0) is 31.3. The van der Waals surface area contributed by atoms with Gasteiger partial charge in [0.15, 0.2) is 0 Å². The lowest BCUT2D eigenvalue weighted by molar-refractivity contribution is -0.120. The van der Waals surface area contributed by atoms with E-state index >= 15 is 0 Å². The predicted octanol–water partition coefficient (Wildman–Crippen LogP) is 4.59. The molecule has 0 aliphatic heterocycles. The highest BCUT2D eigenvalue weighted by atomic mass is 32.2. The first-order chi connectivity index (χ1) is 20.0. The summed E-state index contributed by atoms with van der Waals surface area (Å²) < 4.78 is 36.0. The Bertz CT molecular complexity index is 1530. The molecule has 42 heavy (non-hydrogen) atoms. The second-order valence-corrected chi connectivity index (χ2v) is 10.5. The van der Waals surface area contributed by atoms with Crippen LogP contribution >= 0.6 is 0 Å². The summed E-state index contributed by atoms with van der Waals surface area (Å²) in [6.07, 6.45) is 8.55. The number of nitrogens with zero attached hydrogens (tertiary/aromatic N) is 1. The number of fused-ring (bicyclic) bond motifs is 1. The molecule has 0 spiro atoms. The van der Waals surface area contributed by atoms with E-state index in [0.29, 0.717) is 24.3 Å². The molecule has 1 heterocycles. The lowest BCUT2D eigenvalue weighted by atomic mass is 9.98. The van der Waals surface area contributed by atoms with E-state index in [-0.39, 0.29) is 0 Å². The van der Waals surface area contributed by atoms with E-state index in [0.717, 1.165) is 45.4 Å². The molecular formula is C30H41N5O6S. The Balaban J connectivity index is 0.00000301. The van der Waals surface area contributed by atoms with Crippen molar-refractivity contribution < 1.29 is 27.2 Å². The summed E-state index contributed by atoms with van der Waals surface area (Å²) in [5.74, 6) is -0.00474. The fourth-order valence-electron chi connectivity index (χ4n) is 3.91. The van der Waals surface area contributed by atoms with Crippen LogP contribution in [0.1, 0.15) is 55.5 Å². The van der Waals surface area contributed by atoms with Gasteiger partial charge in [0.05, 0.1) is 25.3 Å². The molecule has 0 aliphatic rings. The van der Waals surface area contributed by atoms with Gasteiger partial charge in [0.1, 0.15) is 18.2 Å². The summed E-state index contributed by atoms with van der Waals surface area (Å²) in [5.41, 5.74) is 10.0. The van der Waals surface area contributed by atoms with Crippen LogP contribution in [0.2, 0.25) is 0 Å². The van der Waals surface area contributed by atoms with Crippen molar-refractivity contribution in [3.05, 3.63) is 88.4 Å². The van der Waals surface area contributed by atoms with Gasteiger partial charge in [-0.05, 0) is 91.9 Å². The minimum absolute atomic E-state index is 0.348. The van der Waals surface area contributed by atoms with Crippen LogP contribution in [-0.2, 0) is 31.0 Å². The van der Waals surface area contributed by atoms with Gasteiger partial charge in [-0.15, -0.1) is 0 Å². The molecular weight excluding hydrogens is 558 g/mol. The number of ether oxygens (including phenoxy) is 1. The van der Waals surface area contributed by atoms with Crippen LogP contribution in [-0.4, -0.2) is 41.3 Å². The van der Waals surface area contributed by atoms with Crippen molar-refractivity contribution in [2.45, 2.75) is 46.6 Å². The molecule has 3 rings (SSSR count). The average molecular weight is 600 g/mol. The highest BCUT2D eigenvalue weighted by Gasteiger charge is 2.25. The number of nitrogens with one attached hydrogen (secondary N) is 2. The van der Waals surface area contributed by atoms with Gasteiger partial charge in [-0.2, -0.15) is 8.42 Å². The number of anilines is 1. The zero-order valence-corrected chi connectivity index (χ0v) is 25.7. The second-order valence-electron chi connectivity index (χ2n) is 9.21. The Morgan fingerprint density at radius 2 is 1.83 bits per heavy atom. The summed E-state index contributed by atoms with van der Waals surface area (Å²) in [6, 6.07) is 9.72. The third kappa shape index (κ3) is 10.1. The maximum atomic E-state index is 13.0. The van der Waals surface area contributed by atoms with Crippen LogP contribution in [0.5, 0.6) is 0 Å². The maximum absolute atomic E-state index is 13.0. The van der Waals surface area contributed by atoms with Crippen LogP contribution in [0.25, 0.3) is 11.0 Å². The van der Waals surface area contributed by atoms with Crippen molar-refractivity contribution in [3.63, 3.8) is 0 Å². The van der Waals surface area contributed by atoms with Crippen LogP contribution in [0, 0.1) is 6.92 Å². The first-order valence-corrected chi connectivity index (χ1v) is 14.9. The lowest BCUT2D eigenvalue weighted by Gasteiger charge is -2.20. The molecule has 1 unspecified atom stereocenters. The molecule has 0 aliphatic carbocycles. The zero-order valence-electron chi connectivity index (χ0n) is 24.9. The number of benzene rings is 2. The van der Waals surface area contributed by atoms with E-state index in [1.165, 1.54) is 7.05 Å². The van der Waals surface area contributed by atoms with Gasteiger partial charge in [-0.1, -0.05) is 37.2 Å². The SMILES string of the molecule is CC/C(=C\C=C(/C)OC)CO/N=C\c1ccc(NC(C(=O)NS(N)(=O)=O)c2cc(CC)c3occ(C)c3c2)cc1.CN. The van der Waals surface area contributed by atoms with Crippen molar-refractivity contribution >= 4 is 39.0 Å². The van der Waals surface area contributed by atoms with E-state index in [1.54, 1.807) is 43.9 Å². The molecule has 1 atom stereocenters. The van der Waals surface area contributed by atoms with Crippen molar-refractivity contribution in [1.29, 1.82) is 0 Å². The Labute approximate surface area is 247 Å². The summed E-state index contributed by atoms with van der Waals surface area (Å²) in [4.78, 5) is 18.5. The van der Waals surface area contributed by atoms with E-state index in [1.807, 2.05) is 56.7 Å². The van der Waals surface area contributed by atoms with Crippen molar-refractivity contribution in [1.82, 2.24) is 4.72 Å². The average Bonchev–Trinajstić information content (AvgIpc) is 3.35. The first kappa shape index (κ1) is 34.1. The Morgan fingerprint density at radius 3 is 2.43 bits per heavy atom. The molecule has 1 amide bonds. The number of allylic oxidation sites excluding steroid dienone is 3. The molecule has 0 fully saturated rings. The summed E-state index contributed by atoms with van der Waals surface area (Å²) in [6.45, 7) is 8.14. The molecule has 0 saturated carbocycles. The smallest absolute Gasteiger partial charge is 0.298 e. The van der Waals surface area contributed by atoms with Crippen LogP contribution in [0.4, 0.5) is 5.69 Å². The van der Waals surface area contributed by atoms with E-state index in [2.05, 4.69) is 16.2 Å². The third-order valence-corrected chi connectivity index (χ3v) is 6.75. The molecule has 2 aromatic carbocycles. The second kappa shape index (κ2) is 16.3. The first-order valence-electron chi connectivity index (χ1n) is 13.4. The molecule has 12 heteroatoms. The number of carbonyl (C=O) groups is 1. The van der Waals surface area contributed by atoms with Gasteiger partial charge >= 0.3 is 0 Å². The van der Waals surface area contributed by atoms with E-state index in [4.69, 9.17) is 19.1 Å². The van der Waals surface area contributed by atoms with Crippen LogP contribution < -0.4 is 20.9 Å². The van der Waals surface area contributed by atoms with E-state index in [9.17, 15) is 13.2 Å². The molecule has 3 aromatic rings. The van der Waals surface area contributed by atoms with Crippen molar-refractivity contribution in [2.24, 2.45) is 16.0 Å². The number of methoxy groups -OCH3 is 1. The van der Waals surface area contributed by atoms with Gasteiger partial charge in [-0.3, -0.25) is 4.79 Å². The number of aryl methyl sites for hydroxylation is 2. The highest BCUT2D eigenvalue weighted by Crippen LogP contribution is 2.30. The predicted molar refractivity (Wildman–Crippen MR) is 167 cm³/mol. The normalized spacial score (nSPS) is 13.0. The quantitative estimate of drug-likeness (QED) is 0.0956. The number of nitrogens with two attached hydrogens (primary N) is 2. The summed E-state index contributed by atoms with van der Waals surface area (Å²) in [7, 11) is -1.14. The molecule has 1 aromatic heterocycles. The standard InChI is InChI=1S/C29H36N4O6S.CH5N/c1-6-21(9-8-20(4)37-5)18-39-31-16-22-10-12-25(13-11-22)32-27(29(34)33-40(30,35)36)24-14-23(7-2)28-26(15-24)19(3)17-38-28;1-2/h8-17,27,32H,6-7,18H2,1-5H3,(H,33,34)(H2,30,35,36);2H2,1H3/b20-8+,21-9+,31-16-;. The molecule has 0 radical (unpaired) electrons. The highest BCUT2D eigenvalue weighted by molar-refractivity contribution is 7.87. The number of amides is 1. The van der Waals surface area contributed by atoms with Gasteiger partial charge in [-0.25, -0.2) is 9.86 Å². The minimum atomic E-state index is -4.26. The fourth-order valence-corrected chi connectivity index (χ4v) is 4.31. The topological polar surface area (TPSA) is 171 Å². The fraction of sp³-hybridized carbons (Fsp3) is 0.333. The van der Waals surface area contributed by atoms with Gasteiger partial charge in [0, 0.05) is 11.1 Å². The number of carbonyl (C=O) groups excluding carboxylic acids is 1. The van der Waals surface area contributed by atoms with Crippen molar-refractivity contribution in [2.75, 3.05) is 26.1 Å². The maximum Gasteiger partial charge on any atom is 0.298 e.